The van der Waals surface area contributed by atoms with Crippen LogP contribution in [0.2, 0.25) is 0 Å². The van der Waals surface area contributed by atoms with Crippen LogP contribution in [0.3, 0.4) is 0 Å². The molecule has 2 aromatic carbocycles. The van der Waals surface area contributed by atoms with Crippen LogP contribution in [0.15, 0.2) is 69.3 Å². The molecule has 0 saturated heterocycles. The molecule has 0 amide bonds. The van der Waals surface area contributed by atoms with E-state index in [1.165, 1.54) is 35.6 Å². The fraction of sp³-hybridized carbons (Fsp3) is 0. The minimum absolute atomic E-state index is 0.0227. The Kier molecular flexibility index (Phi) is 4.89. The quantitative estimate of drug-likeness (QED) is 0.322. The number of halogens is 1. The zero-order chi connectivity index (χ0) is 18.0. The van der Waals surface area contributed by atoms with Crippen molar-refractivity contribution < 1.29 is 17.5 Å². The first-order valence-corrected chi connectivity index (χ1v) is 9.98. The van der Waals surface area contributed by atoms with Crippen molar-refractivity contribution in [1.82, 2.24) is 0 Å². The van der Waals surface area contributed by atoms with Gasteiger partial charge in [-0.15, -0.1) is 11.3 Å². The van der Waals surface area contributed by atoms with Crippen LogP contribution in [0.5, 0.6) is 5.75 Å². The Labute approximate surface area is 156 Å². The molecule has 0 aliphatic heterocycles. The Bertz CT molecular complexity index is 1030. The van der Waals surface area contributed by atoms with Gasteiger partial charge >= 0.3 is 10.1 Å². The third-order valence-corrected chi connectivity index (χ3v) is 6.42. The SMILES string of the molecule is O=[N+]([O-])c1ccc(OS(=O)(=O)c2ccccc2Br)c(-c2cccs2)c1. The highest BCUT2D eigenvalue weighted by atomic mass is 79.9. The summed E-state index contributed by atoms with van der Waals surface area (Å²) in [4.78, 5) is 11.1. The van der Waals surface area contributed by atoms with Gasteiger partial charge in [-0.3, -0.25) is 10.1 Å². The van der Waals surface area contributed by atoms with Crippen LogP contribution in [-0.4, -0.2) is 13.3 Å². The molecule has 1 aromatic heterocycles. The molecule has 9 heteroatoms. The molecular weight excluding hydrogens is 430 g/mol. The van der Waals surface area contributed by atoms with E-state index < -0.39 is 15.0 Å². The van der Waals surface area contributed by atoms with Crippen LogP contribution in [0.1, 0.15) is 0 Å². The van der Waals surface area contributed by atoms with E-state index in [0.29, 0.717) is 14.9 Å². The summed E-state index contributed by atoms with van der Waals surface area (Å²) in [7, 11) is -4.10. The molecule has 0 fully saturated rings. The molecule has 0 N–H and O–H groups in total. The number of nitrogens with zero attached hydrogens (tertiary/aromatic N) is 1. The lowest BCUT2D eigenvalue weighted by Crippen LogP contribution is -2.11. The standard InChI is InChI=1S/C16H10BrNO5S2/c17-13-4-1-2-6-16(13)25(21,22)23-14-8-7-11(18(19)20)10-12(14)15-5-3-9-24-15/h1-10H. The molecule has 3 rings (SSSR count). The average Bonchev–Trinajstić information content (AvgIpc) is 3.09. The summed E-state index contributed by atoms with van der Waals surface area (Å²) in [6.07, 6.45) is 0. The number of non-ortho nitro benzene ring substituents is 1. The van der Waals surface area contributed by atoms with Crippen LogP contribution >= 0.6 is 27.3 Å². The molecule has 0 aliphatic rings. The molecule has 0 spiro atoms. The van der Waals surface area contributed by atoms with Crippen molar-refractivity contribution in [3.63, 3.8) is 0 Å². The number of thiophene rings is 1. The molecule has 0 aliphatic carbocycles. The van der Waals surface area contributed by atoms with Gasteiger partial charge in [-0.1, -0.05) is 18.2 Å². The van der Waals surface area contributed by atoms with Crippen molar-refractivity contribution in [2.45, 2.75) is 4.90 Å². The fourth-order valence-corrected chi connectivity index (χ4v) is 4.79. The normalized spacial score (nSPS) is 11.2. The summed E-state index contributed by atoms with van der Waals surface area (Å²) in [5, 5.41) is 12.8. The van der Waals surface area contributed by atoms with E-state index in [9.17, 15) is 18.5 Å². The Morgan fingerprint density at radius 2 is 1.84 bits per heavy atom. The van der Waals surface area contributed by atoms with E-state index >= 15 is 0 Å². The first kappa shape index (κ1) is 17.6. The monoisotopic (exact) mass is 439 g/mol. The van der Waals surface area contributed by atoms with Crippen molar-refractivity contribution in [1.29, 1.82) is 0 Å². The largest absolute Gasteiger partial charge is 0.378 e. The van der Waals surface area contributed by atoms with E-state index in [0.717, 1.165) is 0 Å². The second-order valence-electron chi connectivity index (χ2n) is 4.88. The van der Waals surface area contributed by atoms with Crippen LogP contribution in [0.4, 0.5) is 5.69 Å². The number of nitro benzene ring substituents is 1. The van der Waals surface area contributed by atoms with Crippen LogP contribution in [0, 0.1) is 10.1 Å². The molecule has 0 radical (unpaired) electrons. The van der Waals surface area contributed by atoms with Crippen LogP contribution in [0.25, 0.3) is 10.4 Å². The highest BCUT2D eigenvalue weighted by molar-refractivity contribution is 9.10. The van der Waals surface area contributed by atoms with Crippen molar-refractivity contribution in [3.8, 4) is 16.2 Å². The minimum atomic E-state index is -4.10. The van der Waals surface area contributed by atoms with Gasteiger partial charge in [-0.05, 0) is 45.6 Å². The molecule has 1 heterocycles. The van der Waals surface area contributed by atoms with Gasteiger partial charge in [0.25, 0.3) is 5.69 Å². The zero-order valence-electron chi connectivity index (χ0n) is 12.5. The van der Waals surface area contributed by atoms with Crippen LogP contribution in [-0.2, 0) is 10.1 Å². The Morgan fingerprint density at radius 1 is 1.08 bits per heavy atom. The maximum absolute atomic E-state index is 12.6. The van der Waals surface area contributed by atoms with Crippen molar-refractivity contribution in [2.75, 3.05) is 0 Å². The predicted molar refractivity (Wildman–Crippen MR) is 98.4 cm³/mol. The highest BCUT2D eigenvalue weighted by Gasteiger charge is 2.23. The number of nitro groups is 1. The van der Waals surface area contributed by atoms with Gasteiger partial charge in [0.1, 0.15) is 4.90 Å². The highest BCUT2D eigenvalue weighted by Crippen LogP contribution is 2.38. The van der Waals surface area contributed by atoms with Gasteiger partial charge in [0.2, 0.25) is 0 Å². The molecule has 0 bridgehead atoms. The van der Waals surface area contributed by atoms with Crippen molar-refractivity contribution in [3.05, 3.63) is 74.6 Å². The third-order valence-electron chi connectivity index (χ3n) is 3.27. The predicted octanol–water partition coefficient (Wildman–Crippen LogP) is 4.85. The Balaban J connectivity index is 2.09. The fourth-order valence-electron chi connectivity index (χ4n) is 2.14. The first-order valence-electron chi connectivity index (χ1n) is 6.90. The van der Waals surface area contributed by atoms with Gasteiger partial charge < -0.3 is 4.18 Å². The lowest BCUT2D eigenvalue weighted by molar-refractivity contribution is -0.384. The second-order valence-corrected chi connectivity index (χ2v) is 8.20. The maximum Gasteiger partial charge on any atom is 0.340 e. The number of rotatable bonds is 5. The topological polar surface area (TPSA) is 86.5 Å². The molecule has 128 valence electrons. The minimum Gasteiger partial charge on any atom is -0.378 e. The van der Waals surface area contributed by atoms with Crippen molar-refractivity contribution >= 4 is 43.1 Å². The van der Waals surface area contributed by atoms with Gasteiger partial charge in [-0.25, -0.2) is 0 Å². The summed E-state index contributed by atoms with van der Waals surface area (Å²) < 4.78 is 30.8. The van der Waals surface area contributed by atoms with E-state index in [2.05, 4.69) is 15.9 Å². The number of benzene rings is 2. The van der Waals surface area contributed by atoms with E-state index in [-0.39, 0.29) is 16.3 Å². The van der Waals surface area contributed by atoms with Crippen LogP contribution < -0.4 is 4.18 Å². The summed E-state index contributed by atoms with van der Waals surface area (Å²) in [6.45, 7) is 0. The zero-order valence-corrected chi connectivity index (χ0v) is 15.7. The molecule has 3 aromatic rings. The Hall–Kier alpha value is -2.23. The smallest absolute Gasteiger partial charge is 0.340 e. The molecule has 25 heavy (non-hydrogen) atoms. The van der Waals surface area contributed by atoms with E-state index in [1.54, 1.807) is 35.7 Å². The molecule has 6 nitrogen and oxygen atoms in total. The molecule has 0 saturated carbocycles. The van der Waals surface area contributed by atoms with Gasteiger partial charge in [-0.2, -0.15) is 8.42 Å². The van der Waals surface area contributed by atoms with Crippen molar-refractivity contribution in [2.24, 2.45) is 0 Å². The number of hydrogen-bond donors (Lipinski definition) is 0. The lowest BCUT2D eigenvalue weighted by atomic mass is 10.1. The molecular formula is C16H10BrNO5S2. The summed E-state index contributed by atoms with van der Waals surface area (Å²) in [5.41, 5.74) is 0.203. The van der Waals surface area contributed by atoms with Gasteiger partial charge in [0.05, 0.1) is 4.92 Å². The summed E-state index contributed by atoms with van der Waals surface area (Å²) in [5.74, 6) is 0.0313. The first-order chi connectivity index (χ1) is 11.9. The van der Waals surface area contributed by atoms with Gasteiger partial charge in [0.15, 0.2) is 5.75 Å². The van der Waals surface area contributed by atoms with E-state index in [4.69, 9.17) is 4.18 Å². The maximum atomic E-state index is 12.6. The average molecular weight is 440 g/mol. The second kappa shape index (κ2) is 6.95. The number of hydrogen-bond acceptors (Lipinski definition) is 6. The summed E-state index contributed by atoms with van der Waals surface area (Å²) in [6, 6.07) is 13.6. The third kappa shape index (κ3) is 3.73. The summed E-state index contributed by atoms with van der Waals surface area (Å²) >= 11 is 4.52. The molecule has 0 atom stereocenters. The van der Waals surface area contributed by atoms with Gasteiger partial charge in [0, 0.05) is 27.0 Å². The Morgan fingerprint density at radius 3 is 2.48 bits per heavy atom. The lowest BCUT2D eigenvalue weighted by Gasteiger charge is -2.11. The molecule has 0 unspecified atom stereocenters. The van der Waals surface area contributed by atoms with E-state index in [1.807, 2.05) is 0 Å².